The van der Waals surface area contributed by atoms with Gasteiger partial charge in [-0.25, -0.2) is 4.68 Å². The molecular weight excluding hydrogens is 460 g/mol. The van der Waals surface area contributed by atoms with Crippen molar-refractivity contribution in [1.82, 2.24) is 20.0 Å². The third-order valence-corrected chi connectivity index (χ3v) is 5.62. The molecule has 4 aromatic rings. The maximum Gasteiger partial charge on any atom is 0.253 e. The van der Waals surface area contributed by atoms with Gasteiger partial charge in [0, 0.05) is 54.6 Å². The average Bonchev–Trinajstić information content (AvgIpc) is 3.31. The number of nitrogens with zero attached hydrogens (tertiary/aromatic N) is 3. The fraction of sp³-hybridized carbons (Fsp3) is 0.107. The van der Waals surface area contributed by atoms with Gasteiger partial charge in [-0.1, -0.05) is 54.1 Å². The number of carbonyl (C=O) groups is 2. The summed E-state index contributed by atoms with van der Waals surface area (Å²) in [5, 5.41) is 8.27. The average molecular weight is 485 g/mol. The lowest BCUT2D eigenvalue weighted by Crippen LogP contribution is -2.22. The van der Waals surface area contributed by atoms with E-state index < -0.39 is 0 Å². The van der Waals surface area contributed by atoms with Gasteiger partial charge in [0.1, 0.15) is 0 Å². The highest BCUT2D eigenvalue weighted by molar-refractivity contribution is 6.30. The molecule has 0 fully saturated rings. The number of hydrogen-bond donors (Lipinski definition) is 1. The largest absolute Gasteiger partial charge is 0.348 e. The van der Waals surface area contributed by atoms with Gasteiger partial charge in [0.25, 0.3) is 5.91 Å². The molecule has 1 aromatic heterocycles. The van der Waals surface area contributed by atoms with E-state index in [9.17, 15) is 9.59 Å². The van der Waals surface area contributed by atoms with Crippen LogP contribution in [0.15, 0.2) is 91.1 Å². The molecule has 0 unspecified atom stereocenters. The van der Waals surface area contributed by atoms with Gasteiger partial charge in [-0.05, 0) is 48.0 Å². The van der Waals surface area contributed by atoms with Gasteiger partial charge in [0.2, 0.25) is 5.91 Å². The molecule has 0 spiro atoms. The van der Waals surface area contributed by atoms with E-state index in [-0.39, 0.29) is 11.8 Å². The molecule has 0 saturated carbocycles. The van der Waals surface area contributed by atoms with Crippen molar-refractivity contribution in [1.29, 1.82) is 0 Å². The summed E-state index contributed by atoms with van der Waals surface area (Å²) in [4.78, 5) is 26.1. The van der Waals surface area contributed by atoms with Crippen molar-refractivity contribution in [2.45, 2.75) is 6.54 Å². The summed E-state index contributed by atoms with van der Waals surface area (Å²) in [5.74, 6) is -0.288. The SMILES string of the molecule is CN(C)C(=O)c1ccc(CNC(=O)/C=C/c2cn(-c3ccccc3)nc2-c2ccc(Cl)cc2)cc1. The first kappa shape index (κ1) is 24.0. The summed E-state index contributed by atoms with van der Waals surface area (Å²) in [5.41, 5.74) is 4.88. The van der Waals surface area contributed by atoms with Crippen molar-refractivity contribution in [2.75, 3.05) is 14.1 Å². The van der Waals surface area contributed by atoms with Gasteiger partial charge in [0.05, 0.1) is 11.4 Å². The van der Waals surface area contributed by atoms with Crippen LogP contribution < -0.4 is 5.32 Å². The first-order valence-electron chi connectivity index (χ1n) is 11.1. The van der Waals surface area contributed by atoms with Crippen LogP contribution in [-0.4, -0.2) is 40.6 Å². The van der Waals surface area contributed by atoms with Crippen LogP contribution in [0, 0.1) is 0 Å². The van der Waals surface area contributed by atoms with Crippen LogP contribution in [0.4, 0.5) is 0 Å². The zero-order valence-corrected chi connectivity index (χ0v) is 20.2. The van der Waals surface area contributed by atoms with E-state index in [2.05, 4.69) is 5.32 Å². The molecule has 4 rings (SSSR count). The summed E-state index contributed by atoms with van der Waals surface area (Å²) in [6, 6.07) is 24.4. The summed E-state index contributed by atoms with van der Waals surface area (Å²) in [7, 11) is 3.43. The summed E-state index contributed by atoms with van der Waals surface area (Å²) in [6.07, 6.45) is 5.14. The van der Waals surface area contributed by atoms with E-state index in [1.807, 2.05) is 72.9 Å². The van der Waals surface area contributed by atoms with E-state index in [1.165, 1.54) is 11.0 Å². The fourth-order valence-corrected chi connectivity index (χ4v) is 3.62. The lowest BCUT2D eigenvalue weighted by atomic mass is 10.1. The van der Waals surface area contributed by atoms with Crippen molar-refractivity contribution in [3.63, 3.8) is 0 Å². The molecule has 0 aliphatic rings. The van der Waals surface area contributed by atoms with E-state index in [0.717, 1.165) is 28.1 Å². The Morgan fingerprint density at radius 2 is 1.66 bits per heavy atom. The van der Waals surface area contributed by atoms with Crippen molar-refractivity contribution in [3.8, 4) is 16.9 Å². The van der Waals surface area contributed by atoms with Crippen LogP contribution in [0.5, 0.6) is 0 Å². The number of nitrogens with one attached hydrogen (secondary N) is 1. The zero-order valence-electron chi connectivity index (χ0n) is 19.5. The molecule has 0 radical (unpaired) electrons. The van der Waals surface area contributed by atoms with Crippen LogP contribution in [0.2, 0.25) is 5.02 Å². The third-order valence-electron chi connectivity index (χ3n) is 5.37. The Hall–Kier alpha value is -4.16. The number of para-hydroxylation sites is 1. The van der Waals surface area contributed by atoms with Crippen LogP contribution in [0.1, 0.15) is 21.5 Å². The van der Waals surface area contributed by atoms with Gasteiger partial charge >= 0.3 is 0 Å². The topological polar surface area (TPSA) is 67.2 Å². The van der Waals surface area contributed by atoms with Crippen LogP contribution in [0.3, 0.4) is 0 Å². The van der Waals surface area contributed by atoms with Crippen molar-refractivity contribution in [2.24, 2.45) is 0 Å². The molecule has 7 heteroatoms. The number of rotatable bonds is 7. The molecule has 0 aliphatic heterocycles. The van der Waals surface area contributed by atoms with E-state index >= 15 is 0 Å². The minimum absolute atomic E-state index is 0.0592. The lowest BCUT2D eigenvalue weighted by molar-refractivity contribution is -0.116. The highest BCUT2D eigenvalue weighted by Crippen LogP contribution is 2.26. The number of benzene rings is 3. The molecule has 1 heterocycles. The smallest absolute Gasteiger partial charge is 0.253 e. The lowest BCUT2D eigenvalue weighted by Gasteiger charge is -2.10. The van der Waals surface area contributed by atoms with E-state index in [1.54, 1.807) is 37.0 Å². The number of hydrogen-bond acceptors (Lipinski definition) is 3. The van der Waals surface area contributed by atoms with Crippen LogP contribution in [0.25, 0.3) is 23.0 Å². The zero-order chi connectivity index (χ0) is 24.8. The second-order valence-electron chi connectivity index (χ2n) is 8.17. The normalized spacial score (nSPS) is 10.9. The van der Waals surface area contributed by atoms with Gasteiger partial charge in [-0.15, -0.1) is 0 Å². The number of amides is 2. The monoisotopic (exact) mass is 484 g/mol. The first-order valence-corrected chi connectivity index (χ1v) is 11.5. The maximum atomic E-state index is 12.5. The minimum Gasteiger partial charge on any atom is -0.348 e. The Morgan fingerprint density at radius 3 is 2.31 bits per heavy atom. The fourth-order valence-electron chi connectivity index (χ4n) is 3.49. The Labute approximate surface area is 209 Å². The molecule has 35 heavy (non-hydrogen) atoms. The summed E-state index contributed by atoms with van der Waals surface area (Å²) in [6.45, 7) is 0.354. The molecule has 6 nitrogen and oxygen atoms in total. The van der Waals surface area contributed by atoms with E-state index in [4.69, 9.17) is 16.7 Å². The van der Waals surface area contributed by atoms with Gasteiger partial charge in [-0.3, -0.25) is 9.59 Å². The Kier molecular flexibility index (Phi) is 7.43. The Balaban J connectivity index is 1.49. The van der Waals surface area contributed by atoms with Crippen LogP contribution in [-0.2, 0) is 11.3 Å². The van der Waals surface area contributed by atoms with Crippen molar-refractivity contribution < 1.29 is 9.59 Å². The molecule has 0 bridgehead atoms. The number of carbonyl (C=O) groups excluding carboxylic acids is 2. The van der Waals surface area contributed by atoms with Crippen LogP contribution >= 0.6 is 11.6 Å². The Morgan fingerprint density at radius 1 is 0.971 bits per heavy atom. The minimum atomic E-state index is -0.229. The van der Waals surface area contributed by atoms with Crippen molar-refractivity contribution in [3.05, 3.63) is 113 Å². The van der Waals surface area contributed by atoms with Gasteiger partial charge in [-0.2, -0.15) is 5.10 Å². The van der Waals surface area contributed by atoms with Gasteiger partial charge in [0.15, 0.2) is 0 Å². The second kappa shape index (κ2) is 10.8. The Bertz CT molecular complexity index is 1340. The summed E-state index contributed by atoms with van der Waals surface area (Å²) < 4.78 is 1.79. The quantitative estimate of drug-likeness (QED) is 0.365. The standard InChI is InChI=1S/C28H25ClN4O2/c1-32(2)28(35)22-10-8-20(9-11-22)18-30-26(34)17-14-23-19-33(25-6-4-3-5-7-25)31-27(23)21-12-15-24(29)16-13-21/h3-17,19H,18H2,1-2H3,(H,30,34)/b17-14+. The van der Waals surface area contributed by atoms with E-state index in [0.29, 0.717) is 17.1 Å². The molecule has 2 amide bonds. The third kappa shape index (κ3) is 6.05. The highest BCUT2D eigenvalue weighted by Gasteiger charge is 2.11. The summed E-state index contributed by atoms with van der Waals surface area (Å²) >= 11 is 6.05. The number of halogens is 1. The first-order chi connectivity index (χ1) is 16.9. The molecule has 0 aliphatic carbocycles. The molecule has 1 N–H and O–H groups in total. The molecule has 176 valence electrons. The molecule has 0 atom stereocenters. The van der Waals surface area contributed by atoms with Crippen molar-refractivity contribution >= 4 is 29.5 Å². The predicted octanol–water partition coefficient (Wildman–Crippen LogP) is 5.22. The predicted molar refractivity (Wildman–Crippen MR) is 139 cm³/mol. The highest BCUT2D eigenvalue weighted by atomic mass is 35.5. The molecule has 3 aromatic carbocycles. The number of aromatic nitrogens is 2. The maximum absolute atomic E-state index is 12.5. The second-order valence-corrected chi connectivity index (χ2v) is 8.60. The molecular formula is C28H25ClN4O2. The van der Waals surface area contributed by atoms with Gasteiger partial charge < -0.3 is 10.2 Å². The molecule has 0 saturated heterocycles.